The number of aromatic nitrogens is 4. The standard InChI is InChI=1S/C10H10N4O2/c1-5-3-11-7(12-4-5)8-13-9(15)6(2)10(16)14-8/h3-4H,1-2H3,(H2,13,14,15,16). The van der Waals surface area contributed by atoms with Gasteiger partial charge in [0.05, 0.1) is 5.56 Å². The van der Waals surface area contributed by atoms with Crippen LogP contribution in [0.2, 0.25) is 0 Å². The first-order chi connectivity index (χ1) is 7.58. The molecule has 2 rings (SSSR count). The molecule has 2 aromatic heterocycles. The van der Waals surface area contributed by atoms with Crippen molar-refractivity contribution >= 4 is 0 Å². The molecule has 0 aliphatic rings. The quantitative estimate of drug-likeness (QED) is 0.729. The minimum Gasteiger partial charge on any atom is -0.493 e. The van der Waals surface area contributed by atoms with E-state index < -0.39 is 5.56 Å². The number of nitrogens with one attached hydrogen (secondary N) is 1. The molecule has 0 radical (unpaired) electrons. The summed E-state index contributed by atoms with van der Waals surface area (Å²) in [5, 5.41) is 9.41. The van der Waals surface area contributed by atoms with E-state index >= 15 is 0 Å². The second-order valence-corrected chi connectivity index (χ2v) is 3.45. The van der Waals surface area contributed by atoms with Gasteiger partial charge in [0.2, 0.25) is 5.88 Å². The fraction of sp³-hybridized carbons (Fsp3) is 0.200. The van der Waals surface area contributed by atoms with Crippen LogP contribution in [-0.2, 0) is 0 Å². The lowest BCUT2D eigenvalue weighted by molar-refractivity contribution is 0.447. The normalized spacial score (nSPS) is 10.4. The Morgan fingerprint density at radius 1 is 1.25 bits per heavy atom. The van der Waals surface area contributed by atoms with Gasteiger partial charge in [-0.1, -0.05) is 0 Å². The smallest absolute Gasteiger partial charge is 0.257 e. The van der Waals surface area contributed by atoms with Gasteiger partial charge in [-0.15, -0.1) is 0 Å². The zero-order valence-corrected chi connectivity index (χ0v) is 8.85. The first-order valence-electron chi connectivity index (χ1n) is 4.67. The largest absolute Gasteiger partial charge is 0.493 e. The van der Waals surface area contributed by atoms with Crippen molar-refractivity contribution in [3.8, 4) is 17.5 Å². The predicted octanol–water partition coefficient (Wildman–Crippen LogP) is 0.549. The van der Waals surface area contributed by atoms with Crippen LogP contribution < -0.4 is 5.56 Å². The summed E-state index contributed by atoms with van der Waals surface area (Å²) in [6.45, 7) is 3.34. The monoisotopic (exact) mass is 218 g/mol. The summed E-state index contributed by atoms with van der Waals surface area (Å²) in [7, 11) is 0. The van der Waals surface area contributed by atoms with E-state index in [9.17, 15) is 9.90 Å². The van der Waals surface area contributed by atoms with Crippen molar-refractivity contribution in [2.45, 2.75) is 13.8 Å². The van der Waals surface area contributed by atoms with Crippen molar-refractivity contribution in [2.24, 2.45) is 0 Å². The van der Waals surface area contributed by atoms with Crippen LogP contribution in [-0.4, -0.2) is 25.0 Å². The van der Waals surface area contributed by atoms with E-state index in [1.807, 2.05) is 6.92 Å². The second kappa shape index (κ2) is 3.73. The summed E-state index contributed by atoms with van der Waals surface area (Å²) in [4.78, 5) is 25.7. The van der Waals surface area contributed by atoms with E-state index in [-0.39, 0.29) is 23.1 Å². The van der Waals surface area contributed by atoms with Gasteiger partial charge < -0.3 is 10.1 Å². The lowest BCUT2D eigenvalue weighted by atomic mass is 10.3. The van der Waals surface area contributed by atoms with Crippen LogP contribution in [0.5, 0.6) is 5.88 Å². The van der Waals surface area contributed by atoms with Gasteiger partial charge in [0.25, 0.3) is 5.56 Å². The van der Waals surface area contributed by atoms with Gasteiger partial charge in [-0.25, -0.2) is 9.97 Å². The van der Waals surface area contributed by atoms with Crippen molar-refractivity contribution in [1.82, 2.24) is 19.9 Å². The molecule has 2 aromatic rings. The average Bonchev–Trinajstić information content (AvgIpc) is 2.26. The van der Waals surface area contributed by atoms with Crippen LogP contribution >= 0.6 is 0 Å². The molecule has 2 N–H and O–H groups in total. The molecular weight excluding hydrogens is 208 g/mol. The van der Waals surface area contributed by atoms with Crippen LogP contribution in [0.3, 0.4) is 0 Å². The molecule has 0 amide bonds. The summed E-state index contributed by atoms with van der Waals surface area (Å²) in [6, 6.07) is 0. The van der Waals surface area contributed by atoms with Crippen LogP contribution in [0.15, 0.2) is 17.2 Å². The number of nitrogens with zero attached hydrogens (tertiary/aromatic N) is 3. The zero-order chi connectivity index (χ0) is 11.7. The molecule has 6 heteroatoms. The van der Waals surface area contributed by atoms with E-state index in [0.717, 1.165) is 5.56 Å². The van der Waals surface area contributed by atoms with Gasteiger partial charge in [0.1, 0.15) is 0 Å². The molecule has 0 saturated carbocycles. The summed E-state index contributed by atoms with van der Waals surface area (Å²) < 4.78 is 0. The topological polar surface area (TPSA) is 91.8 Å². The Kier molecular flexibility index (Phi) is 2.40. The maximum Gasteiger partial charge on any atom is 0.257 e. The Morgan fingerprint density at radius 2 is 1.88 bits per heavy atom. The lowest BCUT2D eigenvalue weighted by Gasteiger charge is -2.01. The van der Waals surface area contributed by atoms with Crippen molar-refractivity contribution in [2.75, 3.05) is 0 Å². The van der Waals surface area contributed by atoms with E-state index in [1.54, 1.807) is 12.4 Å². The number of aromatic amines is 1. The van der Waals surface area contributed by atoms with Crippen LogP contribution in [0.1, 0.15) is 11.1 Å². The minimum atomic E-state index is -0.397. The van der Waals surface area contributed by atoms with Crippen LogP contribution in [0, 0.1) is 13.8 Å². The molecule has 0 aliphatic heterocycles. The molecule has 2 heterocycles. The zero-order valence-electron chi connectivity index (χ0n) is 8.85. The van der Waals surface area contributed by atoms with E-state index in [0.29, 0.717) is 0 Å². The second-order valence-electron chi connectivity index (χ2n) is 3.45. The van der Waals surface area contributed by atoms with Crippen LogP contribution in [0.4, 0.5) is 0 Å². The lowest BCUT2D eigenvalue weighted by Crippen LogP contribution is -2.13. The maximum absolute atomic E-state index is 11.4. The van der Waals surface area contributed by atoms with Gasteiger partial charge >= 0.3 is 0 Å². The molecular formula is C10H10N4O2. The molecule has 0 unspecified atom stereocenters. The van der Waals surface area contributed by atoms with E-state index in [1.165, 1.54) is 6.92 Å². The number of aryl methyl sites for hydroxylation is 1. The Bertz CT molecular complexity index is 574. The van der Waals surface area contributed by atoms with Gasteiger partial charge in [0, 0.05) is 12.4 Å². The van der Waals surface area contributed by atoms with Crippen LogP contribution in [0.25, 0.3) is 11.6 Å². The molecule has 0 atom stereocenters. The Labute approximate surface area is 91.1 Å². The third-order valence-electron chi connectivity index (χ3n) is 2.12. The predicted molar refractivity (Wildman–Crippen MR) is 57.0 cm³/mol. The van der Waals surface area contributed by atoms with Crippen molar-refractivity contribution in [3.63, 3.8) is 0 Å². The Hall–Kier alpha value is -2.24. The highest BCUT2D eigenvalue weighted by atomic mass is 16.3. The molecule has 0 aliphatic carbocycles. The number of hydrogen-bond donors (Lipinski definition) is 2. The molecule has 0 aromatic carbocycles. The van der Waals surface area contributed by atoms with Crippen molar-refractivity contribution < 1.29 is 5.11 Å². The summed E-state index contributed by atoms with van der Waals surface area (Å²) in [5.41, 5.74) is 0.685. The molecule has 0 saturated heterocycles. The minimum absolute atomic E-state index is 0.160. The number of H-pyrrole nitrogens is 1. The van der Waals surface area contributed by atoms with Gasteiger partial charge in [0.15, 0.2) is 11.6 Å². The molecule has 16 heavy (non-hydrogen) atoms. The Morgan fingerprint density at radius 3 is 2.44 bits per heavy atom. The highest BCUT2D eigenvalue weighted by Crippen LogP contribution is 2.12. The van der Waals surface area contributed by atoms with E-state index in [2.05, 4.69) is 19.9 Å². The maximum atomic E-state index is 11.4. The molecule has 6 nitrogen and oxygen atoms in total. The average molecular weight is 218 g/mol. The number of aromatic hydroxyl groups is 1. The molecule has 82 valence electrons. The first kappa shape index (κ1) is 10.3. The first-order valence-corrected chi connectivity index (χ1v) is 4.67. The fourth-order valence-corrected chi connectivity index (χ4v) is 1.14. The van der Waals surface area contributed by atoms with E-state index in [4.69, 9.17) is 0 Å². The van der Waals surface area contributed by atoms with Crippen molar-refractivity contribution in [3.05, 3.63) is 33.9 Å². The molecule has 0 fully saturated rings. The summed E-state index contributed by atoms with van der Waals surface area (Å²) >= 11 is 0. The Balaban J connectivity index is 2.57. The van der Waals surface area contributed by atoms with Gasteiger partial charge in [-0.3, -0.25) is 4.79 Å². The fourth-order valence-electron chi connectivity index (χ4n) is 1.14. The number of rotatable bonds is 1. The third-order valence-corrected chi connectivity index (χ3v) is 2.12. The van der Waals surface area contributed by atoms with Crippen molar-refractivity contribution in [1.29, 1.82) is 0 Å². The van der Waals surface area contributed by atoms with Gasteiger partial charge in [-0.2, -0.15) is 4.98 Å². The molecule has 0 spiro atoms. The SMILES string of the molecule is Cc1cnc(-c2nc(O)c(C)c(=O)[nH]2)nc1. The third kappa shape index (κ3) is 1.77. The molecule has 0 bridgehead atoms. The highest BCUT2D eigenvalue weighted by molar-refractivity contribution is 5.44. The highest BCUT2D eigenvalue weighted by Gasteiger charge is 2.09. The van der Waals surface area contributed by atoms with Gasteiger partial charge in [-0.05, 0) is 19.4 Å². The number of hydrogen-bond acceptors (Lipinski definition) is 5. The summed E-state index contributed by atoms with van der Waals surface area (Å²) in [6.07, 6.45) is 3.22. The summed E-state index contributed by atoms with van der Waals surface area (Å²) in [5.74, 6) is 0.133.